The highest BCUT2D eigenvalue weighted by Crippen LogP contribution is 2.06. The van der Waals surface area contributed by atoms with Gasteiger partial charge in [-0.2, -0.15) is 0 Å². The molecule has 3 N–H and O–H groups in total. The third-order valence-corrected chi connectivity index (χ3v) is 2.41. The highest BCUT2D eigenvalue weighted by molar-refractivity contribution is 5.94. The van der Waals surface area contributed by atoms with Gasteiger partial charge in [0.05, 0.1) is 24.1 Å². The van der Waals surface area contributed by atoms with Gasteiger partial charge in [0.1, 0.15) is 0 Å². The number of rotatable bonds is 3. The zero-order valence-corrected chi connectivity index (χ0v) is 12.1. The van der Waals surface area contributed by atoms with E-state index in [-0.39, 0.29) is 5.91 Å². The molecule has 0 spiro atoms. The first kappa shape index (κ1) is 15.6. The monoisotopic (exact) mass is 272 g/mol. The van der Waals surface area contributed by atoms with E-state index >= 15 is 0 Å². The first-order chi connectivity index (χ1) is 9.65. The smallest absolute Gasteiger partial charge is 0.251 e. The van der Waals surface area contributed by atoms with E-state index in [0.717, 1.165) is 11.4 Å². The summed E-state index contributed by atoms with van der Waals surface area (Å²) in [4.78, 5) is 20.1. The van der Waals surface area contributed by atoms with Crippen molar-refractivity contribution in [3.05, 3.63) is 53.6 Å². The molecule has 0 saturated carbocycles. The number of carbonyl (C=O) groups excluding carboxylic acids is 1. The van der Waals surface area contributed by atoms with E-state index in [9.17, 15) is 4.79 Å². The Bertz CT molecular complexity index is 552. The van der Waals surface area contributed by atoms with Crippen molar-refractivity contribution in [2.45, 2.75) is 27.3 Å². The number of hydrogen-bond donors (Lipinski definition) is 2. The number of aromatic nitrogens is 2. The quantitative estimate of drug-likeness (QED) is 0.840. The molecule has 106 valence electrons. The summed E-state index contributed by atoms with van der Waals surface area (Å²) < 4.78 is 0. The van der Waals surface area contributed by atoms with Gasteiger partial charge in [-0.1, -0.05) is 19.9 Å². The van der Waals surface area contributed by atoms with Crippen LogP contribution >= 0.6 is 0 Å². The Balaban J connectivity index is 0.000000956. The van der Waals surface area contributed by atoms with Gasteiger partial charge in [0.2, 0.25) is 0 Å². The lowest BCUT2D eigenvalue weighted by Gasteiger charge is -2.05. The lowest BCUT2D eigenvalue weighted by Crippen LogP contribution is -2.23. The molecular weight excluding hydrogens is 252 g/mol. The van der Waals surface area contributed by atoms with Crippen molar-refractivity contribution < 1.29 is 4.79 Å². The van der Waals surface area contributed by atoms with E-state index in [0.29, 0.717) is 17.8 Å². The summed E-state index contributed by atoms with van der Waals surface area (Å²) in [6.45, 7) is 6.21. The van der Waals surface area contributed by atoms with Gasteiger partial charge in [-0.3, -0.25) is 14.8 Å². The molecule has 0 atom stereocenters. The molecule has 5 heteroatoms. The summed E-state index contributed by atoms with van der Waals surface area (Å²) in [5, 5.41) is 2.76. The zero-order chi connectivity index (χ0) is 15.0. The van der Waals surface area contributed by atoms with Crippen molar-refractivity contribution in [2.24, 2.45) is 0 Å². The lowest BCUT2D eigenvalue weighted by molar-refractivity contribution is 0.0950. The Kier molecular flexibility index (Phi) is 6.16. The molecule has 1 aromatic carbocycles. The fraction of sp³-hybridized carbons (Fsp3) is 0.267. The molecule has 2 rings (SSSR count). The summed E-state index contributed by atoms with van der Waals surface area (Å²) >= 11 is 0. The number of nitrogens with one attached hydrogen (secondary N) is 1. The molecule has 5 nitrogen and oxygen atoms in total. The third kappa shape index (κ3) is 4.68. The summed E-state index contributed by atoms with van der Waals surface area (Å²) in [7, 11) is 0. The summed E-state index contributed by atoms with van der Waals surface area (Å²) in [6.07, 6.45) is 3.32. The molecule has 2 aromatic rings. The average Bonchev–Trinajstić information content (AvgIpc) is 2.48. The van der Waals surface area contributed by atoms with Gasteiger partial charge in [-0.15, -0.1) is 0 Å². The molecule has 1 heterocycles. The van der Waals surface area contributed by atoms with Crippen LogP contribution < -0.4 is 11.1 Å². The van der Waals surface area contributed by atoms with Crippen molar-refractivity contribution in [1.29, 1.82) is 0 Å². The van der Waals surface area contributed by atoms with Crippen LogP contribution in [-0.4, -0.2) is 15.9 Å². The molecule has 0 bridgehead atoms. The molecule has 0 aliphatic carbocycles. The van der Waals surface area contributed by atoms with E-state index in [1.807, 2.05) is 20.8 Å². The predicted molar refractivity (Wildman–Crippen MR) is 80.1 cm³/mol. The number of aryl methyl sites for hydroxylation is 1. The standard InChI is InChI=1S/C13H14N4O.C2H6/c1-9-6-16-12(7-15-9)8-17-13(18)10-3-2-4-11(14)5-10;1-2/h2-7H,8,14H2,1H3,(H,17,18);1-2H3. The number of nitrogens with two attached hydrogens (primary N) is 1. The highest BCUT2D eigenvalue weighted by Gasteiger charge is 2.05. The maximum absolute atomic E-state index is 11.8. The highest BCUT2D eigenvalue weighted by atomic mass is 16.1. The largest absolute Gasteiger partial charge is 0.399 e. The second kappa shape index (κ2) is 7.89. The SMILES string of the molecule is CC.Cc1cnc(CNC(=O)c2cccc(N)c2)cn1. The van der Waals surface area contributed by atoms with Gasteiger partial charge >= 0.3 is 0 Å². The fourth-order valence-corrected chi connectivity index (χ4v) is 1.46. The van der Waals surface area contributed by atoms with Gasteiger partial charge in [-0.25, -0.2) is 0 Å². The van der Waals surface area contributed by atoms with Crippen LogP contribution in [0.5, 0.6) is 0 Å². The molecule has 20 heavy (non-hydrogen) atoms. The van der Waals surface area contributed by atoms with E-state index in [1.54, 1.807) is 36.7 Å². The summed E-state index contributed by atoms with van der Waals surface area (Å²) in [6, 6.07) is 6.83. The maximum atomic E-state index is 11.8. The van der Waals surface area contributed by atoms with Crippen LogP contribution in [0.4, 0.5) is 5.69 Å². The lowest BCUT2D eigenvalue weighted by atomic mass is 10.2. The van der Waals surface area contributed by atoms with Crippen LogP contribution in [0.2, 0.25) is 0 Å². The first-order valence-electron chi connectivity index (χ1n) is 6.56. The molecule has 0 fully saturated rings. The molecule has 0 aliphatic heterocycles. The molecule has 1 amide bonds. The van der Waals surface area contributed by atoms with Crippen molar-refractivity contribution in [3.8, 4) is 0 Å². The number of nitrogen functional groups attached to an aromatic ring is 1. The van der Waals surface area contributed by atoms with Crippen LogP contribution in [0.3, 0.4) is 0 Å². The van der Waals surface area contributed by atoms with Gasteiger partial charge in [0, 0.05) is 17.4 Å². The van der Waals surface area contributed by atoms with Crippen molar-refractivity contribution >= 4 is 11.6 Å². The molecule has 0 radical (unpaired) electrons. The Hall–Kier alpha value is -2.43. The van der Waals surface area contributed by atoms with E-state index in [4.69, 9.17) is 5.73 Å². The number of carbonyl (C=O) groups is 1. The van der Waals surface area contributed by atoms with Crippen LogP contribution in [0.1, 0.15) is 35.6 Å². The maximum Gasteiger partial charge on any atom is 0.251 e. The predicted octanol–water partition coefficient (Wildman–Crippen LogP) is 2.32. The van der Waals surface area contributed by atoms with E-state index in [1.165, 1.54) is 0 Å². The van der Waals surface area contributed by atoms with Crippen LogP contribution in [0.25, 0.3) is 0 Å². The van der Waals surface area contributed by atoms with Gasteiger partial charge < -0.3 is 11.1 Å². The fourth-order valence-electron chi connectivity index (χ4n) is 1.46. The summed E-state index contributed by atoms with van der Waals surface area (Å²) in [5.74, 6) is -0.176. The van der Waals surface area contributed by atoms with Crippen LogP contribution in [0.15, 0.2) is 36.7 Å². The van der Waals surface area contributed by atoms with E-state index in [2.05, 4.69) is 15.3 Å². The Morgan fingerprint density at radius 2 is 2.00 bits per heavy atom. The second-order valence-corrected chi connectivity index (χ2v) is 3.96. The van der Waals surface area contributed by atoms with Crippen molar-refractivity contribution in [3.63, 3.8) is 0 Å². The normalized spacial score (nSPS) is 9.35. The number of amides is 1. The molecule has 0 aliphatic rings. The number of nitrogens with zero attached hydrogens (tertiary/aromatic N) is 2. The van der Waals surface area contributed by atoms with Gasteiger partial charge in [-0.05, 0) is 25.1 Å². The molecule has 0 unspecified atom stereocenters. The second-order valence-electron chi connectivity index (χ2n) is 3.96. The van der Waals surface area contributed by atoms with Crippen LogP contribution in [-0.2, 0) is 6.54 Å². The van der Waals surface area contributed by atoms with Gasteiger partial charge in [0.15, 0.2) is 0 Å². The zero-order valence-electron chi connectivity index (χ0n) is 12.1. The summed E-state index contributed by atoms with van der Waals surface area (Å²) in [5.41, 5.74) is 8.29. The molecule has 0 saturated heterocycles. The van der Waals surface area contributed by atoms with Crippen molar-refractivity contribution in [2.75, 3.05) is 5.73 Å². The average molecular weight is 272 g/mol. The minimum Gasteiger partial charge on any atom is -0.399 e. The molecule has 1 aromatic heterocycles. The first-order valence-corrected chi connectivity index (χ1v) is 6.56. The number of hydrogen-bond acceptors (Lipinski definition) is 4. The topological polar surface area (TPSA) is 80.9 Å². The van der Waals surface area contributed by atoms with Crippen LogP contribution in [0, 0.1) is 6.92 Å². The Morgan fingerprint density at radius 3 is 2.60 bits per heavy atom. The van der Waals surface area contributed by atoms with E-state index < -0.39 is 0 Å². The number of benzene rings is 1. The minimum atomic E-state index is -0.176. The third-order valence-electron chi connectivity index (χ3n) is 2.41. The van der Waals surface area contributed by atoms with Gasteiger partial charge in [0.25, 0.3) is 5.91 Å². The van der Waals surface area contributed by atoms with Crippen molar-refractivity contribution in [1.82, 2.24) is 15.3 Å². The number of anilines is 1. The Morgan fingerprint density at radius 1 is 1.25 bits per heavy atom. The Labute approximate surface area is 119 Å². The minimum absolute atomic E-state index is 0.176. The molecular formula is C15H20N4O.